The van der Waals surface area contributed by atoms with Crippen LogP contribution < -0.4 is 26.6 Å². The van der Waals surface area contributed by atoms with Crippen molar-refractivity contribution in [3.63, 3.8) is 0 Å². The summed E-state index contributed by atoms with van der Waals surface area (Å²) < 4.78 is 5.35. The Morgan fingerprint density at radius 1 is 1.07 bits per heavy atom. The molecule has 42 heavy (non-hydrogen) atoms. The van der Waals surface area contributed by atoms with Crippen LogP contribution in [0.4, 0.5) is 27.7 Å². The summed E-state index contributed by atoms with van der Waals surface area (Å²) in [6, 6.07) is 16.2. The number of nitrogens with zero attached hydrogens (tertiary/aromatic N) is 3. The number of nitrogens with one attached hydrogen (secondary N) is 3. The number of ether oxygens (including phenoxy) is 1. The van der Waals surface area contributed by atoms with Crippen LogP contribution in [-0.2, 0) is 16.1 Å². The largest absolute Gasteiger partial charge is 0.445 e. The number of piperidine rings is 1. The summed E-state index contributed by atoms with van der Waals surface area (Å²) in [5.74, 6) is 1.07. The zero-order chi connectivity index (χ0) is 29.5. The van der Waals surface area contributed by atoms with Crippen molar-refractivity contribution in [2.24, 2.45) is 10.7 Å². The molecule has 0 unspecified atom stereocenters. The Balaban J connectivity index is 1.08. The van der Waals surface area contributed by atoms with Crippen molar-refractivity contribution < 1.29 is 19.1 Å². The highest BCUT2D eigenvalue weighted by atomic mass is 16.5. The minimum absolute atomic E-state index is 0.00600. The Morgan fingerprint density at radius 3 is 2.55 bits per heavy atom. The lowest BCUT2D eigenvalue weighted by Gasteiger charge is -2.33. The van der Waals surface area contributed by atoms with Gasteiger partial charge in [-0.05, 0) is 61.7 Å². The first kappa shape index (κ1) is 28.3. The van der Waals surface area contributed by atoms with Crippen molar-refractivity contribution in [1.82, 2.24) is 10.3 Å². The normalized spacial score (nSPS) is 14.9. The number of hydrogen-bond donors (Lipinski definition) is 4. The first-order chi connectivity index (χ1) is 20.4. The van der Waals surface area contributed by atoms with E-state index in [2.05, 4.69) is 30.8 Å². The number of carbonyl (C=O) groups is 3. The predicted molar refractivity (Wildman–Crippen MR) is 163 cm³/mol. The molecule has 0 aliphatic carbocycles. The Labute approximate surface area is 243 Å². The maximum absolute atomic E-state index is 12.9. The van der Waals surface area contributed by atoms with Gasteiger partial charge in [0.05, 0.1) is 17.6 Å². The van der Waals surface area contributed by atoms with Crippen LogP contribution in [0.25, 0.3) is 6.08 Å². The zero-order valence-electron chi connectivity index (χ0n) is 23.3. The van der Waals surface area contributed by atoms with E-state index < -0.39 is 6.09 Å². The number of amides is 3. The number of alkyl carbamates (subject to hydrolysis) is 1. The van der Waals surface area contributed by atoms with Crippen LogP contribution >= 0.6 is 0 Å². The summed E-state index contributed by atoms with van der Waals surface area (Å²) in [6.45, 7) is 3.60. The summed E-state index contributed by atoms with van der Waals surface area (Å²) >= 11 is 0. The Morgan fingerprint density at radius 2 is 1.83 bits per heavy atom. The molecular formula is C31H33N7O4. The first-order valence-corrected chi connectivity index (χ1v) is 13.8. The molecule has 0 bridgehead atoms. The molecule has 216 valence electrons. The molecule has 2 aliphatic heterocycles. The Hall–Kier alpha value is -5.19. The van der Waals surface area contributed by atoms with Gasteiger partial charge < -0.3 is 31.3 Å². The van der Waals surface area contributed by atoms with E-state index in [1.165, 1.54) is 0 Å². The number of pyridine rings is 1. The second-order valence-corrected chi connectivity index (χ2v) is 10.3. The molecule has 0 spiro atoms. The topological polar surface area (TPSA) is 151 Å². The lowest BCUT2D eigenvalue weighted by atomic mass is 10.1. The fourth-order valence-corrected chi connectivity index (χ4v) is 4.93. The number of fused-ring (bicyclic) bond motifs is 1. The number of rotatable bonds is 8. The minimum Gasteiger partial charge on any atom is -0.445 e. The van der Waals surface area contributed by atoms with Gasteiger partial charge in [-0.2, -0.15) is 0 Å². The second kappa shape index (κ2) is 13.0. The van der Waals surface area contributed by atoms with Gasteiger partial charge in [-0.25, -0.2) is 14.8 Å². The first-order valence-electron chi connectivity index (χ1n) is 13.8. The lowest BCUT2D eigenvalue weighted by molar-refractivity contribution is -0.105. The summed E-state index contributed by atoms with van der Waals surface area (Å²) in [7, 11) is 0. The monoisotopic (exact) mass is 567 g/mol. The average molecular weight is 568 g/mol. The molecule has 1 saturated heterocycles. The molecule has 11 nitrogen and oxygen atoms in total. The number of anilines is 3. The van der Waals surface area contributed by atoms with Gasteiger partial charge in [0, 0.05) is 42.4 Å². The highest BCUT2D eigenvalue weighted by molar-refractivity contribution is 6.05. The fourth-order valence-electron chi connectivity index (χ4n) is 4.93. The maximum Gasteiger partial charge on any atom is 0.407 e. The van der Waals surface area contributed by atoms with E-state index in [0.29, 0.717) is 41.3 Å². The van der Waals surface area contributed by atoms with Gasteiger partial charge in [0.25, 0.3) is 5.91 Å². The van der Waals surface area contributed by atoms with E-state index >= 15 is 0 Å². The van der Waals surface area contributed by atoms with E-state index in [-0.39, 0.29) is 18.6 Å². The molecule has 5 rings (SSSR count). The second-order valence-electron chi connectivity index (χ2n) is 10.3. The van der Waals surface area contributed by atoms with E-state index in [0.717, 1.165) is 48.4 Å². The van der Waals surface area contributed by atoms with E-state index in [4.69, 9.17) is 10.5 Å². The molecule has 0 saturated carbocycles. The standard InChI is InChI=1S/C31H33N7O4/c1-20-14-22-4-5-23(16-27(22)37-28(32)15-20)30(40)35-26-8-9-29(33-17-26)38-12-10-25(11-13-38)36-31(41)42-18-21-2-6-24(7-3-21)34-19-39/h2-9,14,16-17,19,25H,10-13,15,18H2,1H3,(H2,32,37)(H,34,39)(H,35,40)(H,36,41). The smallest absolute Gasteiger partial charge is 0.407 e. The minimum atomic E-state index is -0.460. The number of carbonyl (C=O) groups excluding carboxylic acids is 3. The Bertz CT molecular complexity index is 1510. The number of nitrogens with two attached hydrogens (primary N) is 1. The number of benzene rings is 2. The van der Waals surface area contributed by atoms with E-state index in [1.807, 2.05) is 31.2 Å². The average Bonchev–Trinajstić information content (AvgIpc) is 3.13. The molecule has 3 amide bonds. The third-order valence-electron chi connectivity index (χ3n) is 7.11. The quantitative estimate of drug-likeness (QED) is 0.291. The lowest BCUT2D eigenvalue weighted by Crippen LogP contribution is -2.45. The van der Waals surface area contributed by atoms with Gasteiger partial charge in [0.2, 0.25) is 6.41 Å². The summed E-state index contributed by atoms with van der Waals surface area (Å²) in [4.78, 5) is 46.8. The van der Waals surface area contributed by atoms with E-state index in [9.17, 15) is 14.4 Å². The third-order valence-corrected chi connectivity index (χ3v) is 7.11. The molecule has 3 aromatic rings. The van der Waals surface area contributed by atoms with Gasteiger partial charge >= 0.3 is 6.09 Å². The highest BCUT2D eigenvalue weighted by Crippen LogP contribution is 2.28. The van der Waals surface area contributed by atoms with Crippen LogP contribution in [0.1, 0.15) is 47.7 Å². The molecule has 0 atom stereocenters. The van der Waals surface area contributed by atoms with Crippen molar-refractivity contribution in [1.29, 1.82) is 0 Å². The van der Waals surface area contributed by atoms with Crippen LogP contribution in [0.2, 0.25) is 0 Å². The van der Waals surface area contributed by atoms with Crippen LogP contribution in [0.5, 0.6) is 0 Å². The molecular weight excluding hydrogens is 534 g/mol. The van der Waals surface area contributed by atoms with Gasteiger partial charge in [-0.15, -0.1) is 0 Å². The van der Waals surface area contributed by atoms with Gasteiger partial charge in [-0.1, -0.05) is 29.8 Å². The van der Waals surface area contributed by atoms with Crippen LogP contribution in [0, 0.1) is 0 Å². The van der Waals surface area contributed by atoms with Crippen molar-refractivity contribution in [3.8, 4) is 0 Å². The number of amidine groups is 1. The number of aromatic nitrogens is 1. The molecule has 2 aromatic carbocycles. The van der Waals surface area contributed by atoms with Crippen molar-refractivity contribution in [3.05, 3.63) is 83.1 Å². The molecule has 1 aromatic heterocycles. The number of aliphatic imine (C=N–C) groups is 1. The Kier molecular flexibility index (Phi) is 8.76. The molecule has 1 fully saturated rings. The summed E-state index contributed by atoms with van der Waals surface area (Å²) in [6.07, 6.45) is 5.93. The SMILES string of the molecule is CC1=Cc2ccc(C(=O)Nc3ccc(N4CCC(NC(=O)OCc5ccc(NC=O)cc5)CC4)nc3)cc2N=C(N)C1. The fraction of sp³-hybridized carbons (Fsp3) is 0.258. The van der Waals surface area contributed by atoms with Crippen molar-refractivity contribution in [2.75, 3.05) is 28.6 Å². The molecule has 0 radical (unpaired) electrons. The van der Waals surface area contributed by atoms with Crippen LogP contribution in [0.15, 0.2) is 71.4 Å². The third kappa shape index (κ3) is 7.30. The van der Waals surface area contributed by atoms with Gasteiger partial charge in [0.1, 0.15) is 18.3 Å². The molecule has 5 N–H and O–H groups in total. The predicted octanol–water partition coefficient (Wildman–Crippen LogP) is 4.59. The highest BCUT2D eigenvalue weighted by Gasteiger charge is 2.22. The van der Waals surface area contributed by atoms with Gasteiger partial charge in [0.15, 0.2) is 0 Å². The maximum atomic E-state index is 12.9. The van der Waals surface area contributed by atoms with Crippen LogP contribution in [0.3, 0.4) is 0 Å². The van der Waals surface area contributed by atoms with Crippen LogP contribution in [-0.4, -0.2) is 48.4 Å². The van der Waals surface area contributed by atoms with Crippen molar-refractivity contribution in [2.45, 2.75) is 38.8 Å². The zero-order valence-corrected chi connectivity index (χ0v) is 23.3. The number of hydrogen-bond acceptors (Lipinski definition) is 8. The molecule has 11 heteroatoms. The summed E-state index contributed by atoms with van der Waals surface area (Å²) in [5.41, 5.74) is 11.3. The van der Waals surface area contributed by atoms with Gasteiger partial charge in [-0.3, -0.25) is 9.59 Å². The van der Waals surface area contributed by atoms with E-state index in [1.54, 1.807) is 42.6 Å². The molecule has 3 heterocycles. The summed E-state index contributed by atoms with van der Waals surface area (Å²) in [5, 5.41) is 8.40. The van der Waals surface area contributed by atoms with Crippen molar-refractivity contribution >= 4 is 53.2 Å². The molecule has 2 aliphatic rings.